The van der Waals surface area contributed by atoms with Gasteiger partial charge in [0.15, 0.2) is 0 Å². The van der Waals surface area contributed by atoms with Gasteiger partial charge in [-0.15, -0.1) is 0 Å². The molecule has 0 aromatic carbocycles. The molecule has 0 aliphatic carbocycles. The van der Waals surface area contributed by atoms with Crippen molar-refractivity contribution in [3.63, 3.8) is 0 Å². The van der Waals surface area contributed by atoms with E-state index in [1.807, 2.05) is 6.92 Å². The number of aliphatic imine (C=N–C) groups is 1. The highest BCUT2D eigenvalue weighted by atomic mass is 32.1. The molecule has 0 atom stereocenters. The molecule has 0 bridgehead atoms. The monoisotopic (exact) mass is 87.0 g/mol. The average Bonchev–Trinajstić information content (AvgIpc) is 1.41. The maximum Gasteiger partial charge on any atom is -0.0976 e. The lowest BCUT2D eigenvalue weighted by Crippen LogP contribution is -1.56. The first kappa shape index (κ1) is 4.76. The Morgan fingerprint density at radius 1 is 2.00 bits per heavy atom. The third-order valence-corrected chi connectivity index (χ3v) is 0.332. The molecule has 0 aromatic rings. The van der Waals surface area contributed by atoms with Crippen molar-refractivity contribution in [2.24, 2.45) is 4.99 Å². The van der Waals surface area contributed by atoms with E-state index in [1.54, 1.807) is 6.54 Å². The zero-order valence-electron chi connectivity index (χ0n) is 3.01. The van der Waals surface area contributed by atoms with Gasteiger partial charge in [-0.05, 0) is 0 Å². The van der Waals surface area contributed by atoms with Gasteiger partial charge < -0.3 is 17.6 Å². The lowest BCUT2D eigenvalue weighted by Gasteiger charge is -1.95. The van der Waals surface area contributed by atoms with Crippen LogP contribution < -0.4 is 0 Å². The normalized spacial score (nSPS) is 9.00. The Kier molecular flexibility index (Phi) is 3.58. The standard InChI is InChI=1S/C3H6NS/c1-2-4-3-5/h2-3H,1H3,(H,4,5)/q-1/p-1. The zero-order valence-corrected chi connectivity index (χ0v) is 3.83. The molecule has 0 aliphatic heterocycles. The number of hydrogen-bond donors (Lipinski definition) is 0. The van der Waals surface area contributed by atoms with Crippen molar-refractivity contribution in [2.75, 3.05) is 0 Å². The molecule has 30 valence electrons. The third kappa shape index (κ3) is 3.76. The minimum absolute atomic E-state index is 1.33. The van der Waals surface area contributed by atoms with Gasteiger partial charge in [0.1, 0.15) is 0 Å². The first-order chi connectivity index (χ1) is 2.41. The van der Waals surface area contributed by atoms with Crippen molar-refractivity contribution >= 4 is 18.2 Å². The summed E-state index contributed by atoms with van der Waals surface area (Å²) in [5.74, 6) is 0. The van der Waals surface area contributed by atoms with Crippen molar-refractivity contribution in [3.8, 4) is 0 Å². The van der Waals surface area contributed by atoms with Crippen LogP contribution in [0.25, 0.3) is 0 Å². The van der Waals surface area contributed by atoms with E-state index < -0.39 is 0 Å². The summed E-state index contributed by atoms with van der Waals surface area (Å²) in [7, 11) is 0. The topological polar surface area (TPSA) is 12.4 Å². The quantitative estimate of drug-likeness (QED) is 0.199. The summed E-state index contributed by atoms with van der Waals surface area (Å²) >= 11 is 4.33. The van der Waals surface area contributed by atoms with Crippen LogP contribution >= 0.6 is 0 Å². The molecule has 5 heavy (non-hydrogen) atoms. The van der Waals surface area contributed by atoms with Gasteiger partial charge in [-0.25, -0.2) is 0 Å². The Labute approximate surface area is 37.5 Å². The van der Waals surface area contributed by atoms with Crippen LogP contribution in [0.5, 0.6) is 0 Å². The Bertz CT molecular complexity index is 33.9. The summed E-state index contributed by atoms with van der Waals surface area (Å²) in [5.41, 5.74) is 1.33. The minimum atomic E-state index is 1.33. The maximum absolute atomic E-state index is 4.33. The lowest BCUT2D eigenvalue weighted by atomic mass is 10.8. The SMILES string of the molecule is C[CH-]N=C[S-]. The maximum atomic E-state index is 4.33. The molecule has 0 aliphatic rings. The lowest BCUT2D eigenvalue weighted by molar-refractivity contribution is 1.34. The molecule has 0 aromatic heterocycles. The Balaban J connectivity index is 2.62. The van der Waals surface area contributed by atoms with Crippen molar-refractivity contribution in [2.45, 2.75) is 6.92 Å². The van der Waals surface area contributed by atoms with Crippen molar-refractivity contribution in [3.05, 3.63) is 6.54 Å². The van der Waals surface area contributed by atoms with E-state index >= 15 is 0 Å². The number of rotatable bonds is 1. The summed E-state index contributed by atoms with van der Waals surface area (Å²) < 4.78 is 0. The highest BCUT2D eigenvalue weighted by Gasteiger charge is 1.31. The summed E-state index contributed by atoms with van der Waals surface area (Å²) in [6, 6.07) is 0. The van der Waals surface area contributed by atoms with Gasteiger partial charge in [-0.1, -0.05) is 6.92 Å². The van der Waals surface area contributed by atoms with Gasteiger partial charge in [-0.2, -0.15) is 6.54 Å². The van der Waals surface area contributed by atoms with Crippen molar-refractivity contribution in [1.82, 2.24) is 0 Å². The minimum Gasteiger partial charge on any atom is -0.885 e. The Morgan fingerprint density at radius 2 is 2.60 bits per heavy atom. The predicted molar refractivity (Wildman–Crippen MR) is 25.8 cm³/mol. The van der Waals surface area contributed by atoms with Crippen LogP contribution in [0.15, 0.2) is 4.99 Å². The van der Waals surface area contributed by atoms with Gasteiger partial charge in [0.2, 0.25) is 0 Å². The van der Waals surface area contributed by atoms with E-state index in [1.165, 1.54) is 5.55 Å². The van der Waals surface area contributed by atoms with Gasteiger partial charge in [0, 0.05) is 0 Å². The van der Waals surface area contributed by atoms with Crippen LogP contribution in [0.3, 0.4) is 0 Å². The molecule has 0 saturated carbocycles. The molecule has 0 fully saturated rings. The molecule has 0 heterocycles. The number of nitrogens with zero attached hydrogens (tertiary/aromatic N) is 1. The predicted octanol–water partition coefficient (Wildman–Crippen LogP) is 0.743. The molecule has 1 nitrogen and oxygen atoms in total. The first-order valence-corrected chi connectivity index (χ1v) is 1.80. The Morgan fingerprint density at radius 3 is 2.60 bits per heavy atom. The fourth-order valence-corrected chi connectivity index (χ4v) is 0.183. The molecule has 0 unspecified atom stereocenters. The molecule has 0 spiro atoms. The fraction of sp³-hybridized carbons (Fsp3) is 0.333. The molecule has 0 amide bonds. The third-order valence-electron chi connectivity index (χ3n) is 0.210. The van der Waals surface area contributed by atoms with Crippen molar-refractivity contribution in [1.29, 1.82) is 0 Å². The largest absolute Gasteiger partial charge is 0.885 e. The van der Waals surface area contributed by atoms with Crippen LogP contribution in [0.1, 0.15) is 6.92 Å². The van der Waals surface area contributed by atoms with E-state index in [4.69, 9.17) is 0 Å². The zero-order chi connectivity index (χ0) is 4.12. The molecule has 0 rings (SSSR count). The van der Waals surface area contributed by atoms with Crippen molar-refractivity contribution < 1.29 is 0 Å². The van der Waals surface area contributed by atoms with Gasteiger partial charge >= 0.3 is 0 Å². The van der Waals surface area contributed by atoms with E-state index in [2.05, 4.69) is 17.6 Å². The van der Waals surface area contributed by atoms with E-state index in [-0.39, 0.29) is 0 Å². The van der Waals surface area contributed by atoms with E-state index in [0.717, 1.165) is 0 Å². The second kappa shape index (κ2) is 3.76. The van der Waals surface area contributed by atoms with E-state index in [9.17, 15) is 0 Å². The van der Waals surface area contributed by atoms with Gasteiger partial charge in [0.05, 0.1) is 0 Å². The van der Waals surface area contributed by atoms with E-state index in [0.29, 0.717) is 0 Å². The average molecular weight is 87.1 g/mol. The highest BCUT2D eigenvalue weighted by Crippen LogP contribution is 1.66. The molecular weight excluding hydrogens is 82.1 g/mol. The summed E-state index contributed by atoms with van der Waals surface area (Å²) in [5, 5.41) is 0. The number of hydrogen-bond acceptors (Lipinski definition) is 2. The summed E-state index contributed by atoms with van der Waals surface area (Å²) in [6.07, 6.45) is 0. The van der Waals surface area contributed by atoms with Crippen LogP contribution in [-0.4, -0.2) is 5.55 Å². The molecule has 0 N–H and O–H groups in total. The summed E-state index contributed by atoms with van der Waals surface area (Å²) in [6.45, 7) is 3.47. The second-order valence-corrected chi connectivity index (χ2v) is 0.723. The van der Waals surface area contributed by atoms with Crippen LogP contribution in [-0.2, 0) is 12.6 Å². The van der Waals surface area contributed by atoms with Crippen LogP contribution in [0.4, 0.5) is 0 Å². The van der Waals surface area contributed by atoms with Crippen LogP contribution in [0, 0.1) is 6.54 Å². The smallest absolute Gasteiger partial charge is 0.0976 e. The summed E-state index contributed by atoms with van der Waals surface area (Å²) in [4.78, 5) is 3.54. The highest BCUT2D eigenvalue weighted by molar-refractivity contribution is 7.74. The molecule has 2 heteroatoms. The van der Waals surface area contributed by atoms with Gasteiger partial charge in [0.25, 0.3) is 0 Å². The second-order valence-electron chi connectivity index (χ2n) is 0.513. The van der Waals surface area contributed by atoms with Crippen LogP contribution in [0.2, 0.25) is 0 Å². The molecule has 0 radical (unpaired) electrons. The first-order valence-electron chi connectivity index (χ1n) is 1.33. The van der Waals surface area contributed by atoms with Gasteiger partial charge in [-0.3, -0.25) is 5.55 Å². The molecular formula is C3H5NS-2. The molecule has 0 saturated heterocycles. The fourth-order valence-electron chi connectivity index (χ4n) is 0.0609. The Hall–Kier alpha value is -0.240.